The molecule has 7 heteroatoms. The van der Waals surface area contributed by atoms with Gasteiger partial charge in [-0.05, 0) is 16.7 Å². The van der Waals surface area contributed by atoms with Crippen molar-refractivity contribution in [1.82, 2.24) is 0 Å². The monoisotopic (exact) mass is 602 g/mol. The van der Waals surface area contributed by atoms with Gasteiger partial charge in [-0.3, -0.25) is 4.79 Å². The Morgan fingerprint density at radius 2 is 1.22 bits per heavy atom. The smallest absolute Gasteiger partial charge is 0.304 e. The molecule has 1 fully saturated rings. The molecule has 0 aliphatic carbocycles. The Kier molecular flexibility index (Phi) is 10.3. The summed E-state index contributed by atoms with van der Waals surface area (Å²) in [6.45, 7) is 2.89. The zero-order chi connectivity index (χ0) is 25.2. The number of ether oxygens (including phenoxy) is 5. The normalized spacial score (nSPS) is 23.8. The lowest BCUT2D eigenvalue weighted by Gasteiger charge is -2.43. The second-order valence-electron chi connectivity index (χ2n) is 8.62. The van der Waals surface area contributed by atoms with Gasteiger partial charge in [0, 0.05) is 6.92 Å². The van der Waals surface area contributed by atoms with Gasteiger partial charge in [-0.25, -0.2) is 0 Å². The molecule has 0 radical (unpaired) electrons. The summed E-state index contributed by atoms with van der Waals surface area (Å²) >= 11 is 2.24. The van der Waals surface area contributed by atoms with E-state index in [1.165, 1.54) is 6.92 Å². The van der Waals surface area contributed by atoms with E-state index in [1.807, 2.05) is 91.0 Å². The first-order valence-corrected chi connectivity index (χ1v) is 13.2. The van der Waals surface area contributed by atoms with E-state index in [0.717, 1.165) is 16.7 Å². The Bertz CT molecular complexity index is 1050. The van der Waals surface area contributed by atoms with E-state index in [2.05, 4.69) is 22.6 Å². The first kappa shape index (κ1) is 26.8. The number of hydrogen-bond donors (Lipinski definition) is 0. The summed E-state index contributed by atoms with van der Waals surface area (Å²) in [4.78, 5) is 11.8. The highest BCUT2D eigenvalue weighted by atomic mass is 127. The molecule has 1 aliphatic rings. The third kappa shape index (κ3) is 7.85. The van der Waals surface area contributed by atoms with Gasteiger partial charge < -0.3 is 23.7 Å². The van der Waals surface area contributed by atoms with Crippen molar-refractivity contribution >= 4 is 28.6 Å². The average molecular weight is 602 g/mol. The van der Waals surface area contributed by atoms with Gasteiger partial charge in [0.15, 0.2) is 0 Å². The number of carbonyl (C=O) groups is 1. The molecular formula is C29H31IO6. The molecule has 3 aromatic carbocycles. The van der Waals surface area contributed by atoms with Crippen molar-refractivity contribution in [3.8, 4) is 0 Å². The lowest BCUT2D eigenvalue weighted by molar-refractivity contribution is -0.265. The Balaban J connectivity index is 1.52. The molecule has 0 unspecified atom stereocenters. The van der Waals surface area contributed by atoms with Crippen molar-refractivity contribution in [3.63, 3.8) is 0 Å². The summed E-state index contributed by atoms with van der Waals surface area (Å²) in [7, 11) is 0. The van der Waals surface area contributed by atoms with Crippen LogP contribution in [-0.4, -0.2) is 41.1 Å². The molecule has 36 heavy (non-hydrogen) atoms. The van der Waals surface area contributed by atoms with Crippen molar-refractivity contribution < 1.29 is 28.5 Å². The van der Waals surface area contributed by atoms with Crippen LogP contribution in [0.1, 0.15) is 23.6 Å². The fraction of sp³-hybridized carbons (Fsp3) is 0.345. The highest BCUT2D eigenvalue weighted by molar-refractivity contribution is 14.1. The number of halogens is 1. The van der Waals surface area contributed by atoms with Gasteiger partial charge in [-0.1, -0.05) is 114 Å². The molecule has 0 amide bonds. The largest absolute Gasteiger partial charge is 0.435 e. The number of rotatable bonds is 11. The van der Waals surface area contributed by atoms with Crippen molar-refractivity contribution in [2.75, 3.05) is 6.61 Å². The van der Waals surface area contributed by atoms with E-state index in [9.17, 15) is 4.79 Å². The van der Waals surface area contributed by atoms with Crippen LogP contribution in [0.15, 0.2) is 91.0 Å². The summed E-state index contributed by atoms with van der Waals surface area (Å²) in [5.41, 5.74) is 3.17. The van der Waals surface area contributed by atoms with Crippen molar-refractivity contribution in [3.05, 3.63) is 108 Å². The predicted octanol–water partition coefficient (Wildman–Crippen LogP) is 5.47. The Morgan fingerprint density at radius 1 is 0.750 bits per heavy atom. The molecule has 1 aliphatic heterocycles. The predicted molar refractivity (Wildman–Crippen MR) is 144 cm³/mol. The molecular weight excluding hydrogens is 571 g/mol. The second kappa shape index (κ2) is 13.9. The van der Waals surface area contributed by atoms with Gasteiger partial charge in [-0.15, -0.1) is 0 Å². The van der Waals surface area contributed by atoms with Crippen molar-refractivity contribution in [2.45, 2.75) is 55.3 Å². The summed E-state index contributed by atoms with van der Waals surface area (Å²) < 4.78 is 30.4. The first-order valence-electron chi connectivity index (χ1n) is 12.0. The van der Waals surface area contributed by atoms with Gasteiger partial charge >= 0.3 is 5.97 Å². The lowest BCUT2D eigenvalue weighted by Crippen LogP contribution is -2.59. The maximum Gasteiger partial charge on any atom is 0.304 e. The summed E-state index contributed by atoms with van der Waals surface area (Å²) in [6, 6.07) is 29.9. The zero-order valence-electron chi connectivity index (χ0n) is 20.2. The molecule has 1 saturated heterocycles. The van der Waals surface area contributed by atoms with E-state index in [-0.39, 0.29) is 10.5 Å². The fourth-order valence-corrected chi connectivity index (χ4v) is 4.99. The molecule has 4 rings (SSSR count). The SMILES string of the molecule is CC(=O)O[C@H]1O[C@H](COCc2ccccc2)[C@H](OCc2ccccc2)[C@H](OCc2ccccc2)[C@@H]1I. The fourth-order valence-electron chi connectivity index (χ4n) is 4.05. The molecule has 1 heterocycles. The Hall–Kier alpha value is -2.30. The number of alkyl halides is 1. The van der Waals surface area contributed by atoms with E-state index < -0.39 is 30.6 Å². The third-order valence-electron chi connectivity index (χ3n) is 5.82. The molecule has 0 bridgehead atoms. The standard InChI is InChI=1S/C29H31IO6/c1-21(31)35-29-26(30)28(34-19-24-15-9-4-10-16-24)27(33-18-23-13-7-3-8-14-23)25(36-29)20-32-17-22-11-5-2-6-12-22/h2-16,25-29H,17-20H2,1H3/t25-,26+,27+,28-,29+/m1/s1. The van der Waals surface area contributed by atoms with Crippen LogP contribution >= 0.6 is 22.6 Å². The molecule has 0 aromatic heterocycles. The summed E-state index contributed by atoms with van der Waals surface area (Å²) in [5, 5.41) is 0. The highest BCUT2D eigenvalue weighted by Gasteiger charge is 2.48. The Labute approximate surface area is 226 Å². The third-order valence-corrected chi connectivity index (χ3v) is 7.12. The highest BCUT2D eigenvalue weighted by Crippen LogP contribution is 2.33. The Morgan fingerprint density at radius 3 is 1.72 bits per heavy atom. The topological polar surface area (TPSA) is 63.2 Å². The van der Waals surface area contributed by atoms with E-state index in [1.54, 1.807) is 0 Å². The van der Waals surface area contributed by atoms with Crippen LogP contribution in [0.2, 0.25) is 0 Å². The molecule has 0 spiro atoms. The van der Waals surface area contributed by atoms with Gasteiger partial charge in [0.1, 0.15) is 22.2 Å². The maximum atomic E-state index is 11.8. The lowest BCUT2D eigenvalue weighted by atomic mass is 10.0. The van der Waals surface area contributed by atoms with Gasteiger partial charge in [0.2, 0.25) is 6.29 Å². The van der Waals surface area contributed by atoms with Gasteiger partial charge in [0.05, 0.1) is 26.4 Å². The molecule has 190 valence electrons. The molecule has 6 nitrogen and oxygen atoms in total. The first-order chi connectivity index (χ1) is 17.6. The quantitative estimate of drug-likeness (QED) is 0.165. The summed E-state index contributed by atoms with van der Waals surface area (Å²) in [6.07, 6.45) is -2.09. The maximum absolute atomic E-state index is 11.8. The van der Waals surface area contributed by atoms with Crippen LogP contribution in [0.25, 0.3) is 0 Å². The molecule has 0 N–H and O–H groups in total. The minimum Gasteiger partial charge on any atom is -0.435 e. The summed E-state index contributed by atoms with van der Waals surface area (Å²) in [5.74, 6) is -0.406. The number of esters is 1. The number of benzene rings is 3. The van der Waals surface area contributed by atoms with Crippen LogP contribution in [-0.2, 0) is 48.3 Å². The molecule has 0 saturated carbocycles. The van der Waals surface area contributed by atoms with Crippen LogP contribution < -0.4 is 0 Å². The van der Waals surface area contributed by atoms with E-state index in [4.69, 9.17) is 23.7 Å². The van der Waals surface area contributed by atoms with Gasteiger partial charge in [0.25, 0.3) is 0 Å². The van der Waals surface area contributed by atoms with Gasteiger partial charge in [-0.2, -0.15) is 0 Å². The van der Waals surface area contributed by atoms with Crippen LogP contribution in [0, 0.1) is 0 Å². The van der Waals surface area contributed by atoms with E-state index >= 15 is 0 Å². The minimum atomic E-state index is -0.772. The molecule has 5 atom stereocenters. The van der Waals surface area contributed by atoms with Crippen LogP contribution in [0.5, 0.6) is 0 Å². The molecule has 3 aromatic rings. The average Bonchev–Trinajstić information content (AvgIpc) is 2.90. The van der Waals surface area contributed by atoms with E-state index in [0.29, 0.717) is 19.8 Å². The zero-order valence-corrected chi connectivity index (χ0v) is 22.4. The second-order valence-corrected chi connectivity index (χ2v) is 10.1. The van der Waals surface area contributed by atoms with Crippen molar-refractivity contribution in [2.24, 2.45) is 0 Å². The van der Waals surface area contributed by atoms with Crippen LogP contribution in [0.4, 0.5) is 0 Å². The van der Waals surface area contributed by atoms with Crippen molar-refractivity contribution in [1.29, 1.82) is 0 Å². The van der Waals surface area contributed by atoms with Crippen LogP contribution in [0.3, 0.4) is 0 Å². The number of hydrogen-bond acceptors (Lipinski definition) is 6. The minimum absolute atomic E-state index is 0.265. The number of carbonyl (C=O) groups excluding carboxylic acids is 1.